The lowest BCUT2D eigenvalue weighted by molar-refractivity contribution is 0.0994. The van der Waals surface area contributed by atoms with Crippen LogP contribution in [0.2, 0.25) is 0 Å². The number of Topliss-reactive ketones (excluding diaryl/α,β-unsaturated/α-hetero) is 1. The van der Waals surface area contributed by atoms with Gasteiger partial charge in [0.05, 0.1) is 5.25 Å². The zero-order chi connectivity index (χ0) is 19.6. The first kappa shape index (κ1) is 19.6. The molecular formula is C21H19BrN2O2S. The van der Waals surface area contributed by atoms with E-state index in [0.717, 1.165) is 21.3 Å². The Kier molecular flexibility index (Phi) is 5.97. The van der Waals surface area contributed by atoms with Crippen molar-refractivity contribution in [3.63, 3.8) is 0 Å². The van der Waals surface area contributed by atoms with Crippen LogP contribution in [0, 0.1) is 13.8 Å². The molecule has 0 aliphatic carbocycles. The first-order valence-corrected chi connectivity index (χ1v) is 10.2. The molecule has 0 N–H and O–H groups in total. The summed E-state index contributed by atoms with van der Waals surface area (Å²) in [5.41, 5.74) is 3.40. The number of aromatic nitrogens is 2. The third-order valence-electron chi connectivity index (χ3n) is 4.36. The van der Waals surface area contributed by atoms with E-state index in [4.69, 9.17) is 0 Å². The van der Waals surface area contributed by atoms with Gasteiger partial charge in [-0.05, 0) is 62.2 Å². The summed E-state index contributed by atoms with van der Waals surface area (Å²) in [5, 5.41) is -0.0989. The summed E-state index contributed by atoms with van der Waals surface area (Å²) in [5.74, 6) is -0.0108. The highest BCUT2D eigenvalue weighted by Crippen LogP contribution is 2.23. The largest absolute Gasteiger partial charge is 0.293 e. The second-order valence-corrected chi connectivity index (χ2v) is 8.55. The third-order valence-corrected chi connectivity index (χ3v) is 5.96. The highest BCUT2D eigenvalue weighted by Gasteiger charge is 2.20. The van der Waals surface area contributed by atoms with Gasteiger partial charge < -0.3 is 0 Å². The van der Waals surface area contributed by atoms with E-state index in [1.807, 2.05) is 56.3 Å². The summed E-state index contributed by atoms with van der Waals surface area (Å²) in [6.07, 6.45) is 3.21. The Bertz CT molecular complexity index is 1040. The molecule has 0 unspecified atom stereocenters. The van der Waals surface area contributed by atoms with Crippen molar-refractivity contribution in [2.45, 2.75) is 31.0 Å². The molecule has 0 aliphatic heterocycles. The monoisotopic (exact) mass is 442 g/mol. The lowest BCUT2D eigenvalue weighted by Crippen LogP contribution is -2.23. The van der Waals surface area contributed by atoms with Gasteiger partial charge in [-0.2, -0.15) is 0 Å². The number of hydrogen-bond donors (Lipinski definition) is 0. The molecule has 1 aromatic heterocycles. The minimum absolute atomic E-state index is 0.0108. The molecule has 1 atom stereocenters. The second-order valence-electron chi connectivity index (χ2n) is 6.31. The van der Waals surface area contributed by atoms with Crippen molar-refractivity contribution in [3.8, 4) is 5.69 Å². The average Bonchev–Trinajstić information content (AvgIpc) is 2.66. The van der Waals surface area contributed by atoms with Crippen LogP contribution < -0.4 is 5.56 Å². The summed E-state index contributed by atoms with van der Waals surface area (Å²) in [6, 6.07) is 13.1. The maximum atomic E-state index is 12.8. The molecule has 3 rings (SSSR count). The molecule has 0 saturated heterocycles. The molecule has 6 heteroatoms. The van der Waals surface area contributed by atoms with E-state index in [1.165, 1.54) is 16.3 Å². The van der Waals surface area contributed by atoms with Crippen molar-refractivity contribution in [1.29, 1.82) is 0 Å². The van der Waals surface area contributed by atoms with E-state index in [9.17, 15) is 9.59 Å². The fraction of sp³-hybridized carbons (Fsp3) is 0.190. The van der Waals surface area contributed by atoms with Gasteiger partial charge in [-0.15, -0.1) is 0 Å². The predicted molar refractivity (Wildman–Crippen MR) is 113 cm³/mol. The normalized spacial score (nSPS) is 12.0. The van der Waals surface area contributed by atoms with Gasteiger partial charge in [0.1, 0.15) is 0 Å². The van der Waals surface area contributed by atoms with Crippen molar-refractivity contribution in [1.82, 2.24) is 9.55 Å². The number of benzene rings is 2. The minimum Gasteiger partial charge on any atom is -0.293 e. The smallest absolute Gasteiger partial charge is 0.287 e. The molecule has 3 aromatic rings. The number of rotatable bonds is 5. The first-order valence-electron chi connectivity index (χ1n) is 8.48. The van der Waals surface area contributed by atoms with E-state index in [0.29, 0.717) is 10.6 Å². The molecule has 0 aliphatic rings. The third kappa shape index (κ3) is 4.39. The van der Waals surface area contributed by atoms with E-state index in [2.05, 4.69) is 20.9 Å². The zero-order valence-electron chi connectivity index (χ0n) is 15.3. The fourth-order valence-electron chi connectivity index (χ4n) is 2.63. The van der Waals surface area contributed by atoms with Gasteiger partial charge in [0, 0.05) is 28.1 Å². The van der Waals surface area contributed by atoms with Crippen molar-refractivity contribution in [2.24, 2.45) is 0 Å². The van der Waals surface area contributed by atoms with Crippen LogP contribution in [0.1, 0.15) is 28.4 Å². The van der Waals surface area contributed by atoms with Crippen LogP contribution in [0.4, 0.5) is 0 Å². The number of halogens is 1. The molecule has 0 fully saturated rings. The summed E-state index contributed by atoms with van der Waals surface area (Å²) in [6.45, 7) is 5.81. The Hall–Kier alpha value is -2.18. The Morgan fingerprint density at radius 2 is 1.81 bits per heavy atom. The van der Waals surface area contributed by atoms with Gasteiger partial charge in [0.15, 0.2) is 10.8 Å². The van der Waals surface area contributed by atoms with Crippen LogP contribution in [0.5, 0.6) is 0 Å². The number of thioether (sulfide) groups is 1. The predicted octanol–water partition coefficient (Wildman–Crippen LogP) is 4.98. The Labute approximate surface area is 170 Å². The maximum absolute atomic E-state index is 12.8. The molecule has 0 spiro atoms. The van der Waals surface area contributed by atoms with Crippen LogP contribution in [0.15, 0.2) is 69.2 Å². The Balaban J connectivity index is 1.86. The molecule has 0 amide bonds. The van der Waals surface area contributed by atoms with Gasteiger partial charge in [0.2, 0.25) is 0 Å². The number of carbonyl (C=O) groups is 1. The number of ketones is 1. The molecule has 2 aromatic carbocycles. The molecular weight excluding hydrogens is 424 g/mol. The summed E-state index contributed by atoms with van der Waals surface area (Å²) >= 11 is 4.58. The van der Waals surface area contributed by atoms with Gasteiger partial charge in [-0.1, -0.05) is 39.8 Å². The number of hydrogen-bond acceptors (Lipinski definition) is 4. The van der Waals surface area contributed by atoms with E-state index >= 15 is 0 Å². The van der Waals surface area contributed by atoms with Gasteiger partial charge >= 0.3 is 0 Å². The molecule has 0 radical (unpaired) electrons. The van der Waals surface area contributed by atoms with Gasteiger partial charge in [-0.25, -0.2) is 4.98 Å². The molecule has 1 heterocycles. The number of aryl methyl sites for hydroxylation is 2. The summed E-state index contributed by atoms with van der Waals surface area (Å²) in [7, 11) is 0. The molecule has 0 saturated carbocycles. The van der Waals surface area contributed by atoms with Crippen molar-refractivity contribution < 1.29 is 4.79 Å². The highest BCUT2D eigenvalue weighted by molar-refractivity contribution is 9.10. The number of nitrogens with zero attached hydrogens (tertiary/aromatic N) is 2. The van der Waals surface area contributed by atoms with Crippen LogP contribution in [0.25, 0.3) is 5.69 Å². The fourth-order valence-corrected chi connectivity index (χ4v) is 3.79. The SMILES string of the molecule is Cc1ccc(C(=O)[C@H](C)Sc2nccn(-c3ccc(Br)cc3)c2=O)cc1C. The topological polar surface area (TPSA) is 52.0 Å². The van der Waals surface area contributed by atoms with E-state index in [-0.39, 0.29) is 11.3 Å². The lowest BCUT2D eigenvalue weighted by atomic mass is 10.0. The molecule has 0 bridgehead atoms. The summed E-state index contributed by atoms with van der Waals surface area (Å²) < 4.78 is 2.48. The van der Waals surface area contributed by atoms with Crippen LogP contribution in [-0.2, 0) is 0 Å². The number of carbonyl (C=O) groups excluding carboxylic acids is 1. The van der Waals surface area contributed by atoms with E-state index in [1.54, 1.807) is 19.3 Å². The van der Waals surface area contributed by atoms with E-state index < -0.39 is 5.25 Å². The van der Waals surface area contributed by atoms with Crippen LogP contribution in [-0.4, -0.2) is 20.6 Å². The lowest BCUT2D eigenvalue weighted by Gasteiger charge is -2.12. The first-order chi connectivity index (χ1) is 12.9. The Morgan fingerprint density at radius 3 is 2.48 bits per heavy atom. The quantitative estimate of drug-likeness (QED) is 0.413. The van der Waals surface area contributed by atoms with Crippen LogP contribution in [0.3, 0.4) is 0 Å². The highest BCUT2D eigenvalue weighted by atomic mass is 79.9. The van der Waals surface area contributed by atoms with Crippen molar-refractivity contribution >= 4 is 33.5 Å². The van der Waals surface area contributed by atoms with Crippen LogP contribution >= 0.6 is 27.7 Å². The maximum Gasteiger partial charge on any atom is 0.287 e. The standard InChI is InChI=1S/C21H19BrN2O2S/c1-13-4-5-16(12-14(13)2)19(25)15(3)27-20-21(26)24(11-10-23-20)18-8-6-17(22)7-9-18/h4-12,15H,1-3H3/t15-/m0/s1. The van der Waals surface area contributed by atoms with Crippen molar-refractivity contribution in [2.75, 3.05) is 0 Å². The Morgan fingerprint density at radius 1 is 1.11 bits per heavy atom. The molecule has 138 valence electrons. The molecule has 4 nitrogen and oxygen atoms in total. The average molecular weight is 443 g/mol. The second kappa shape index (κ2) is 8.23. The minimum atomic E-state index is -0.409. The van der Waals surface area contributed by atoms with Gasteiger partial charge in [-0.3, -0.25) is 14.2 Å². The van der Waals surface area contributed by atoms with Gasteiger partial charge in [0.25, 0.3) is 5.56 Å². The summed E-state index contributed by atoms with van der Waals surface area (Å²) in [4.78, 5) is 29.8. The van der Waals surface area contributed by atoms with Crippen molar-refractivity contribution in [3.05, 3.63) is 86.4 Å². The molecule has 27 heavy (non-hydrogen) atoms. The zero-order valence-corrected chi connectivity index (χ0v) is 17.7.